The summed E-state index contributed by atoms with van der Waals surface area (Å²) in [6.07, 6.45) is 23.4. The van der Waals surface area contributed by atoms with Crippen LogP contribution in [-0.4, -0.2) is 30.3 Å². The summed E-state index contributed by atoms with van der Waals surface area (Å²) in [6, 6.07) is 0. The van der Waals surface area contributed by atoms with Gasteiger partial charge in [-0.1, -0.05) is 111 Å². The van der Waals surface area contributed by atoms with E-state index in [4.69, 9.17) is 0 Å². The van der Waals surface area contributed by atoms with E-state index in [1.54, 1.807) is 0 Å². The summed E-state index contributed by atoms with van der Waals surface area (Å²) in [5.74, 6) is 0.483. The van der Waals surface area contributed by atoms with Crippen LogP contribution in [0.4, 0.5) is 0 Å². The van der Waals surface area contributed by atoms with Crippen LogP contribution in [0, 0.1) is 0 Å². The minimum absolute atomic E-state index is 0.483. The summed E-state index contributed by atoms with van der Waals surface area (Å²) >= 11 is 0. The van der Waals surface area contributed by atoms with Crippen molar-refractivity contribution in [3.05, 3.63) is 0 Å². The third kappa shape index (κ3) is 20.2. The Kier molecular flexibility index (Phi) is 21.6. The third-order valence-corrected chi connectivity index (χ3v) is 5.88. The van der Waals surface area contributed by atoms with Crippen LogP contribution in [0.15, 0.2) is 0 Å². The van der Waals surface area contributed by atoms with E-state index < -0.39 is 0 Å². The molecule has 0 aromatic carbocycles. The molecule has 0 amide bonds. The quantitative estimate of drug-likeness (QED) is 0.177. The lowest BCUT2D eigenvalue weighted by molar-refractivity contribution is -0.119. The van der Waals surface area contributed by atoms with Crippen LogP contribution in [0.3, 0.4) is 0 Å². The Labute approximate surface area is 171 Å². The minimum atomic E-state index is 0.483. The SMILES string of the molecule is CCCCCCCCCCCCCCCCCC(=O)CCCN(CC)CC. The first kappa shape index (κ1) is 26.6. The maximum atomic E-state index is 11.9. The number of Topliss-reactive ketones (excluding diaryl/α,β-unsaturated/α-hetero) is 1. The van der Waals surface area contributed by atoms with Gasteiger partial charge in [0.1, 0.15) is 5.78 Å². The monoisotopic (exact) mass is 381 g/mol. The molecule has 162 valence electrons. The summed E-state index contributed by atoms with van der Waals surface area (Å²) in [4.78, 5) is 14.3. The molecule has 0 fully saturated rings. The van der Waals surface area contributed by atoms with Gasteiger partial charge in [0.2, 0.25) is 0 Å². The van der Waals surface area contributed by atoms with Gasteiger partial charge < -0.3 is 4.90 Å². The molecule has 0 atom stereocenters. The average molecular weight is 382 g/mol. The number of hydrogen-bond donors (Lipinski definition) is 0. The molecule has 0 spiro atoms. The molecular formula is C25H51NO. The Bertz CT molecular complexity index is 299. The molecule has 0 heterocycles. The van der Waals surface area contributed by atoms with Crippen molar-refractivity contribution in [3.63, 3.8) is 0 Å². The number of unbranched alkanes of at least 4 members (excludes halogenated alkanes) is 14. The van der Waals surface area contributed by atoms with Gasteiger partial charge in [-0.05, 0) is 32.5 Å². The van der Waals surface area contributed by atoms with Crippen molar-refractivity contribution in [1.29, 1.82) is 0 Å². The second kappa shape index (κ2) is 21.9. The number of nitrogens with zero attached hydrogens (tertiary/aromatic N) is 1. The van der Waals surface area contributed by atoms with Crippen molar-refractivity contribution in [2.45, 2.75) is 136 Å². The zero-order valence-electron chi connectivity index (χ0n) is 19.2. The molecule has 0 saturated carbocycles. The fourth-order valence-corrected chi connectivity index (χ4v) is 3.86. The molecule has 2 nitrogen and oxygen atoms in total. The van der Waals surface area contributed by atoms with Gasteiger partial charge in [0.05, 0.1) is 0 Å². The van der Waals surface area contributed by atoms with Gasteiger partial charge in [0.15, 0.2) is 0 Å². The van der Waals surface area contributed by atoms with E-state index in [9.17, 15) is 4.79 Å². The average Bonchev–Trinajstić information content (AvgIpc) is 2.68. The molecule has 0 bridgehead atoms. The van der Waals surface area contributed by atoms with Crippen LogP contribution in [0.2, 0.25) is 0 Å². The molecule has 2 heteroatoms. The van der Waals surface area contributed by atoms with Gasteiger partial charge >= 0.3 is 0 Å². The Morgan fingerprint density at radius 1 is 0.519 bits per heavy atom. The highest BCUT2D eigenvalue weighted by Crippen LogP contribution is 2.14. The fourth-order valence-electron chi connectivity index (χ4n) is 3.86. The summed E-state index contributed by atoms with van der Waals surface area (Å²) < 4.78 is 0. The van der Waals surface area contributed by atoms with Crippen LogP contribution >= 0.6 is 0 Å². The van der Waals surface area contributed by atoms with E-state index >= 15 is 0 Å². The van der Waals surface area contributed by atoms with E-state index in [0.29, 0.717) is 5.78 Å². The van der Waals surface area contributed by atoms with E-state index in [1.165, 1.54) is 89.9 Å². The van der Waals surface area contributed by atoms with Gasteiger partial charge in [0, 0.05) is 12.8 Å². The van der Waals surface area contributed by atoms with Crippen LogP contribution < -0.4 is 0 Å². The number of rotatable bonds is 22. The smallest absolute Gasteiger partial charge is 0.132 e. The predicted octanol–water partition coefficient (Wildman–Crippen LogP) is 7.94. The third-order valence-electron chi connectivity index (χ3n) is 5.88. The van der Waals surface area contributed by atoms with Gasteiger partial charge in [-0.3, -0.25) is 4.79 Å². The van der Waals surface area contributed by atoms with Crippen molar-refractivity contribution < 1.29 is 4.79 Å². The lowest BCUT2D eigenvalue weighted by Gasteiger charge is -2.17. The zero-order valence-corrected chi connectivity index (χ0v) is 19.2. The normalized spacial score (nSPS) is 11.4. The second-order valence-corrected chi connectivity index (χ2v) is 8.37. The van der Waals surface area contributed by atoms with E-state index in [1.807, 2.05) is 0 Å². The largest absolute Gasteiger partial charge is 0.304 e. The van der Waals surface area contributed by atoms with E-state index in [2.05, 4.69) is 25.7 Å². The van der Waals surface area contributed by atoms with Crippen molar-refractivity contribution in [3.8, 4) is 0 Å². The number of hydrogen-bond acceptors (Lipinski definition) is 2. The molecule has 0 aliphatic carbocycles. The maximum absolute atomic E-state index is 11.9. The lowest BCUT2D eigenvalue weighted by Crippen LogP contribution is -2.24. The molecular weight excluding hydrogens is 330 g/mol. The number of carbonyl (C=O) groups excluding carboxylic acids is 1. The van der Waals surface area contributed by atoms with Crippen LogP contribution in [0.1, 0.15) is 136 Å². The highest BCUT2D eigenvalue weighted by atomic mass is 16.1. The highest BCUT2D eigenvalue weighted by Gasteiger charge is 2.04. The summed E-state index contributed by atoms with van der Waals surface area (Å²) in [5.41, 5.74) is 0. The van der Waals surface area contributed by atoms with Crippen molar-refractivity contribution in [1.82, 2.24) is 4.90 Å². The van der Waals surface area contributed by atoms with Crippen LogP contribution in [-0.2, 0) is 4.79 Å². The first-order valence-corrected chi connectivity index (χ1v) is 12.5. The van der Waals surface area contributed by atoms with E-state index in [0.717, 1.165) is 45.3 Å². The number of carbonyl (C=O) groups is 1. The first-order valence-electron chi connectivity index (χ1n) is 12.5. The standard InChI is InChI=1S/C25H51NO/c1-4-7-8-9-10-11-12-13-14-15-16-17-18-19-20-22-25(27)23-21-24-26(5-2)6-3/h4-24H2,1-3H3. The Hall–Kier alpha value is -0.370. The molecule has 0 aromatic heterocycles. The molecule has 0 rings (SSSR count). The number of ketones is 1. The second-order valence-electron chi connectivity index (χ2n) is 8.37. The first-order chi connectivity index (χ1) is 13.2. The molecule has 0 aromatic rings. The lowest BCUT2D eigenvalue weighted by atomic mass is 10.0. The zero-order chi connectivity index (χ0) is 20.0. The minimum Gasteiger partial charge on any atom is -0.304 e. The van der Waals surface area contributed by atoms with E-state index in [-0.39, 0.29) is 0 Å². The van der Waals surface area contributed by atoms with Gasteiger partial charge in [0.25, 0.3) is 0 Å². The Morgan fingerprint density at radius 3 is 1.30 bits per heavy atom. The molecule has 0 aliphatic rings. The molecule has 27 heavy (non-hydrogen) atoms. The van der Waals surface area contributed by atoms with Crippen molar-refractivity contribution in [2.75, 3.05) is 19.6 Å². The highest BCUT2D eigenvalue weighted by molar-refractivity contribution is 5.78. The molecule has 0 radical (unpaired) electrons. The topological polar surface area (TPSA) is 20.3 Å². The van der Waals surface area contributed by atoms with Crippen molar-refractivity contribution in [2.24, 2.45) is 0 Å². The maximum Gasteiger partial charge on any atom is 0.132 e. The van der Waals surface area contributed by atoms with Crippen LogP contribution in [0.25, 0.3) is 0 Å². The van der Waals surface area contributed by atoms with Gasteiger partial charge in [-0.15, -0.1) is 0 Å². The predicted molar refractivity (Wildman–Crippen MR) is 122 cm³/mol. The molecule has 0 aliphatic heterocycles. The Balaban J connectivity index is 3.19. The summed E-state index contributed by atoms with van der Waals surface area (Å²) in [5, 5.41) is 0. The Morgan fingerprint density at radius 2 is 0.889 bits per heavy atom. The summed E-state index contributed by atoms with van der Waals surface area (Å²) in [7, 11) is 0. The van der Waals surface area contributed by atoms with Crippen molar-refractivity contribution >= 4 is 5.78 Å². The molecule has 0 unspecified atom stereocenters. The van der Waals surface area contributed by atoms with Crippen LogP contribution in [0.5, 0.6) is 0 Å². The summed E-state index contributed by atoms with van der Waals surface area (Å²) in [6.45, 7) is 9.96. The van der Waals surface area contributed by atoms with Gasteiger partial charge in [-0.25, -0.2) is 0 Å². The van der Waals surface area contributed by atoms with Gasteiger partial charge in [-0.2, -0.15) is 0 Å². The molecule has 0 N–H and O–H groups in total. The fraction of sp³-hybridized carbons (Fsp3) is 0.960. The molecule has 0 saturated heterocycles.